The zero-order valence-corrected chi connectivity index (χ0v) is 10.5. The van der Waals surface area contributed by atoms with Gasteiger partial charge in [0.2, 0.25) is 11.8 Å². The summed E-state index contributed by atoms with van der Waals surface area (Å²) in [5.74, 6) is 0.679. The number of hydrogen-bond acceptors (Lipinski definition) is 6. The summed E-state index contributed by atoms with van der Waals surface area (Å²) >= 11 is 0. The van der Waals surface area contributed by atoms with E-state index in [0.29, 0.717) is 17.2 Å². The molecule has 3 aromatic rings. The highest BCUT2D eigenvalue weighted by atomic mass is 16.5. The van der Waals surface area contributed by atoms with Gasteiger partial charge < -0.3 is 10.5 Å². The fourth-order valence-corrected chi connectivity index (χ4v) is 1.76. The second-order valence-electron chi connectivity index (χ2n) is 4.31. The molecule has 0 aliphatic carbocycles. The number of aromatic nitrogens is 6. The molecular weight excluding hydrogens is 246 g/mol. The van der Waals surface area contributed by atoms with Gasteiger partial charge in [-0.2, -0.15) is 14.6 Å². The van der Waals surface area contributed by atoms with Gasteiger partial charge in [-0.05, 0) is 13.8 Å². The molecule has 0 fully saturated rings. The average Bonchev–Trinajstić information content (AvgIpc) is 2.96. The summed E-state index contributed by atoms with van der Waals surface area (Å²) in [5, 5.41) is 10.8. The van der Waals surface area contributed by atoms with Crippen molar-refractivity contribution in [2.24, 2.45) is 0 Å². The SMILES string of the molecule is CC(C)Oc1c(-c2cn[nH]c2)ncc2nc(N)nn12. The molecule has 0 bridgehead atoms. The summed E-state index contributed by atoms with van der Waals surface area (Å²) in [6.07, 6.45) is 4.98. The highest BCUT2D eigenvalue weighted by molar-refractivity contribution is 5.65. The molecule has 0 atom stereocenters. The summed E-state index contributed by atoms with van der Waals surface area (Å²) in [6, 6.07) is 0. The third-order valence-electron chi connectivity index (χ3n) is 2.47. The smallest absolute Gasteiger partial charge is 0.244 e. The molecule has 0 aliphatic rings. The molecule has 0 spiro atoms. The number of nitrogen functional groups attached to an aromatic ring is 1. The van der Waals surface area contributed by atoms with E-state index in [1.54, 1.807) is 23.1 Å². The molecule has 0 amide bonds. The van der Waals surface area contributed by atoms with Crippen LogP contribution in [0.15, 0.2) is 18.6 Å². The number of nitrogens with one attached hydrogen (secondary N) is 1. The minimum absolute atomic E-state index is 0.0246. The fraction of sp³-hybridized carbons (Fsp3) is 0.273. The van der Waals surface area contributed by atoms with E-state index < -0.39 is 0 Å². The van der Waals surface area contributed by atoms with Crippen LogP contribution in [0, 0.1) is 0 Å². The minimum atomic E-state index is -0.0246. The van der Waals surface area contributed by atoms with Crippen molar-refractivity contribution in [2.45, 2.75) is 20.0 Å². The summed E-state index contributed by atoms with van der Waals surface area (Å²) in [6.45, 7) is 3.86. The second-order valence-corrected chi connectivity index (χ2v) is 4.31. The first-order valence-electron chi connectivity index (χ1n) is 5.82. The zero-order chi connectivity index (χ0) is 13.4. The largest absolute Gasteiger partial charge is 0.473 e. The molecule has 0 saturated carbocycles. The van der Waals surface area contributed by atoms with Crippen molar-refractivity contribution in [2.75, 3.05) is 5.73 Å². The van der Waals surface area contributed by atoms with Crippen LogP contribution in [0.3, 0.4) is 0 Å². The van der Waals surface area contributed by atoms with Crippen LogP contribution in [0.5, 0.6) is 5.88 Å². The molecule has 8 nitrogen and oxygen atoms in total. The van der Waals surface area contributed by atoms with Crippen LogP contribution in [-0.4, -0.2) is 35.9 Å². The van der Waals surface area contributed by atoms with E-state index in [4.69, 9.17) is 10.5 Å². The maximum Gasteiger partial charge on any atom is 0.244 e. The van der Waals surface area contributed by atoms with Crippen LogP contribution in [0.4, 0.5) is 5.95 Å². The van der Waals surface area contributed by atoms with Gasteiger partial charge in [0, 0.05) is 11.8 Å². The number of nitrogens with two attached hydrogens (primary N) is 1. The first kappa shape index (κ1) is 11.5. The molecule has 0 radical (unpaired) electrons. The third-order valence-corrected chi connectivity index (χ3v) is 2.47. The number of nitrogens with zero attached hydrogens (tertiary/aromatic N) is 5. The topological polar surface area (TPSA) is 107 Å². The molecular formula is C11H13N7O. The number of hydrogen-bond donors (Lipinski definition) is 2. The standard InChI is InChI=1S/C11H13N7O/c1-6(2)19-10-9(7-3-14-15-4-7)13-5-8-16-11(12)17-18(8)10/h3-6H,1-2H3,(H2,12,17)(H,14,15). The highest BCUT2D eigenvalue weighted by Crippen LogP contribution is 2.28. The summed E-state index contributed by atoms with van der Waals surface area (Å²) in [4.78, 5) is 8.42. The Kier molecular flexibility index (Phi) is 2.55. The zero-order valence-electron chi connectivity index (χ0n) is 10.5. The summed E-state index contributed by atoms with van der Waals surface area (Å²) in [5.41, 5.74) is 7.61. The van der Waals surface area contributed by atoms with E-state index in [0.717, 1.165) is 5.56 Å². The van der Waals surface area contributed by atoms with Crippen molar-refractivity contribution < 1.29 is 4.74 Å². The lowest BCUT2D eigenvalue weighted by Gasteiger charge is -2.13. The van der Waals surface area contributed by atoms with Crippen molar-refractivity contribution in [1.82, 2.24) is 29.8 Å². The van der Waals surface area contributed by atoms with Crippen LogP contribution in [0.25, 0.3) is 16.9 Å². The predicted molar refractivity (Wildman–Crippen MR) is 68.5 cm³/mol. The molecule has 3 N–H and O–H groups in total. The Bertz CT molecular complexity index is 701. The lowest BCUT2D eigenvalue weighted by atomic mass is 10.2. The Balaban J connectivity index is 2.26. The Labute approximate surface area is 108 Å². The molecule has 3 aromatic heterocycles. The van der Waals surface area contributed by atoms with Gasteiger partial charge in [0.05, 0.1) is 18.5 Å². The summed E-state index contributed by atoms with van der Waals surface area (Å²) in [7, 11) is 0. The van der Waals surface area contributed by atoms with Gasteiger partial charge in [-0.3, -0.25) is 5.10 Å². The number of fused-ring (bicyclic) bond motifs is 1. The van der Waals surface area contributed by atoms with Crippen LogP contribution in [0.1, 0.15) is 13.8 Å². The number of ether oxygens (including phenoxy) is 1. The third kappa shape index (κ3) is 1.96. The predicted octanol–water partition coefficient (Wildman–Crippen LogP) is 0.884. The molecule has 0 aromatic carbocycles. The van der Waals surface area contributed by atoms with E-state index in [2.05, 4.69) is 25.3 Å². The van der Waals surface area contributed by atoms with E-state index in [-0.39, 0.29) is 12.1 Å². The lowest BCUT2D eigenvalue weighted by molar-refractivity contribution is 0.227. The van der Waals surface area contributed by atoms with Crippen LogP contribution < -0.4 is 10.5 Å². The number of aromatic amines is 1. The quantitative estimate of drug-likeness (QED) is 0.723. The molecule has 8 heteroatoms. The van der Waals surface area contributed by atoms with Gasteiger partial charge in [0.15, 0.2) is 5.65 Å². The summed E-state index contributed by atoms with van der Waals surface area (Å²) < 4.78 is 7.34. The Morgan fingerprint density at radius 3 is 2.89 bits per heavy atom. The molecule has 19 heavy (non-hydrogen) atoms. The van der Waals surface area contributed by atoms with E-state index in [1.165, 1.54) is 0 Å². The van der Waals surface area contributed by atoms with Crippen LogP contribution in [-0.2, 0) is 0 Å². The molecule has 0 saturated heterocycles. The van der Waals surface area contributed by atoms with Crippen molar-refractivity contribution in [3.63, 3.8) is 0 Å². The second kappa shape index (κ2) is 4.23. The molecule has 0 aliphatic heterocycles. The van der Waals surface area contributed by atoms with E-state index >= 15 is 0 Å². The van der Waals surface area contributed by atoms with E-state index in [9.17, 15) is 0 Å². The van der Waals surface area contributed by atoms with Gasteiger partial charge >= 0.3 is 0 Å². The Hall–Kier alpha value is -2.64. The van der Waals surface area contributed by atoms with Gasteiger partial charge in [0.1, 0.15) is 5.69 Å². The number of rotatable bonds is 3. The molecule has 98 valence electrons. The maximum atomic E-state index is 5.80. The average molecular weight is 259 g/mol. The van der Waals surface area contributed by atoms with Gasteiger partial charge in [0.25, 0.3) is 0 Å². The van der Waals surface area contributed by atoms with Crippen molar-refractivity contribution in [1.29, 1.82) is 0 Å². The Morgan fingerprint density at radius 2 is 2.21 bits per heavy atom. The van der Waals surface area contributed by atoms with Gasteiger partial charge in [-0.1, -0.05) is 0 Å². The van der Waals surface area contributed by atoms with Crippen LogP contribution >= 0.6 is 0 Å². The minimum Gasteiger partial charge on any atom is -0.473 e. The van der Waals surface area contributed by atoms with Gasteiger partial charge in [-0.25, -0.2) is 4.98 Å². The monoisotopic (exact) mass is 259 g/mol. The van der Waals surface area contributed by atoms with E-state index in [1.807, 2.05) is 13.8 Å². The van der Waals surface area contributed by atoms with Crippen molar-refractivity contribution in [3.05, 3.63) is 18.6 Å². The highest BCUT2D eigenvalue weighted by Gasteiger charge is 2.17. The Morgan fingerprint density at radius 1 is 1.37 bits per heavy atom. The molecule has 3 heterocycles. The first-order valence-corrected chi connectivity index (χ1v) is 5.82. The van der Waals surface area contributed by atoms with Crippen LogP contribution in [0.2, 0.25) is 0 Å². The number of H-pyrrole nitrogens is 1. The van der Waals surface area contributed by atoms with Crippen molar-refractivity contribution >= 4 is 11.6 Å². The fourth-order valence-electron chi connectivity index (χ4n) is 1.76. The first-order chi connectivity index (χ1) is 9.15. The maximum absolute atomic E-state index is 5.80. The molecule has 3 rings (SSSR count). The van der Waals surface area contributed by atoms with Gasteiger partial charge in [-0.15, -0.1) is 5.10 Å². The molecule has 0 unspecified atom stereocenters. The van der Waals surface area contributed by atoms with Crippen molar-refractivity contribution in [3.8, 4) is 17.1 Å². The number of anilines is 1. The lowest BCUT2D eigenvalue weighted by Crippen LogP contribution is -2.11. The normalized spacial score (nSPS) is 11.3.